The minimum absolute atomic E-state index is 0.113. The molecule has 1 heterocycles. The number of carbonyl (C=O) groups excluding carboxylic acids is 3. The van der Waals surface area contributed by atoms with Crippen LogP contribution in [0.15, 0.2) is 91.0 Å². The number of para-hydroxylation sites is 1. The van der Waals surface area contributed by atoms with Gasteiger partial charge in [0.2, 0.25) is 11.0 Å². The number of benzene rings is 3. The van der Waals surface area contributed by atoms with Gasteiger partial charge < -0.3 is 5.32 Å². The van der Waals surface area contributed by atoms with Crippen LogP contribution >= 0.6 is 12.2 Å². The zero-order chi connectivity index (χ0) is 23.9. The van der Waals surface area contributed by atoms with Crippen molar-refractivity contribution in [1.82, 2.24) is 15.8 Å². The van der Waals surface area contributed by atoms with Gasteiger partial charge in [0.1, 0.15) is 6.04 Å². The second-order valence-electron chi connectivity index (χ2n) is 7.77. The average Bonchev–Trinajstić information content (AvgIpc) is 3.09. The maximum absolute atomic E-state index is 13.3. The summed E-state index contributed by atoms with van der Waals surface area (Å²) in [6.07, 6.45) is 0.528. The van der Waals surface area contributed by atoms with E-state index in [2.05, 4.69) is 10.7 Å². The highest BCUT2D eigenvalue weighted by molar-refractivity contribution is 7.80. The molecule has 0 aromatic heterocycles. The monoisotopic (exact) mass is 472 g/mol. The number of carbonyl (C=O) groups is 3. The Morgan fingerprint density at radius 3 is 2.09 bits per heavy atom. The van der Waals surface area contributed by atoms with Crippen LogP contribution in [-0.4, -0.2) is 40.4 Å². The fourth-order valence-electron chi connectivity index (χ4n) is 3.72. The molecule has 4 rings (SSSR count). The quantitative estimate of drug-likeness (QED) is 0.493. The Morgan fingerprint density at radius 2 is 1.44 bits per heavy atom. The molecule has 1 aliphatic heterocycles. The highest BCUT2D eigenvalue weighted by Gasteiger charge is 2.45. The lowest BCUT2D eigenvalue weighted by atomic mass is 10.1. The van der Waals surface area contributed by atoms with E-state index >= 15 is 0 Å². The summed E-state index contributed by atoms with van der Waals surface area (Å²) in [4.78, 5) is 40.2. The number of hydrazine groups is 1. The lowest BCUT2D eigenvalue weighted by molar-refractivity contribution is -0.127. The molecule has 0 unspecified atom stereocenters. The zero-order valence-electron chi connectivity index (χ0n) is 18.4. The van der Waals surface area contributed by atoms with Gasteiger partial charge in [0, 0.05) is 12.1 Å². The molecule has 172 valence electrons. The first-order chi connectivity index (χ1) is 16.5. The molecule has 0 spiro atoms. The number of anilines is 1. The maximum Gasteiger partial charge on any atom is 0.269 e. The molecule has 8 heteroatoms. The van der Waals surface area contributed by atoms with Crippen molar-refractivity contribution >= 4 is 40.7 Å². The van der Waals surface area contributed by atoms with Gasteiger partial charge in [0.25, 0.3) is 11.8 Å². The highest BCUT2D eigenvalue weighted by Crippen LogP contribution is 2.26. The zero-order valence-corrected chi connectivity index (χ0v) is 19.2. The summed E-state index contributed by atoms with van der Waals surface area (Å²) in [5.41, 5.74) is 4.82. The van der Waals surface area contributed by atoms with Crippen molar-refractivity contribution in [3.05, 3.63) is 102 Å². The molecule has 1 fully saturated rings. The van der Waals surface area contributed by atoms with Gasteiger partial charge in [-0.05, 0) is 48.5 Å². The number of rotatable bonds is 8. The number of hydrogen-bond donors (Lipinski definition) is 2. The van der Waals surface area contributed by atoms with Gasteiger partial charge in [-0.1, -0.05) is 66.7 Å². The topological polar surface area (TPSA) is 81.8 Å². The molecule has 3 amide bonds. The summed E-state index contributed by atoms with van der Waals surface area (Å²) in [5, 5.41) is 4.29. The molecule has 34 heavy (non-hydrogen) atoms. The van der Waals surface area contributed by atoms with Gasteiger partial charge in [-0.25, -0.2) is 5.01 Å². The Bertz CT molecular complexity index is 1170. The van der Waals surface area contributed by atoms with Crippen LogP contribution in [0.5, 0.6) is 0 Å². The van der Waals surface area contributed by atoms with Gasteiger partial charge in [0.05, 0.1) is 12.1 Å². The highest BCUT2D eigenvalue weighted by atomic mass is 32.1. The summed E-state index contributed by atoms with van der Waals surface area (Å²) in [6, 6.07) is 26.4. The molecule has 1 saturated heterocycles. The van der Waals surface area contributed by atoms with E-state index in [0.29, 0.717) is 24.2 Å². The molecule has 0 bridgehead atoms. The van der Waals surface area contributed by atoms with Gasteiger partial charge in [-0.15, -0.1) is 0 Å². The molecular formula is C26H24N4O3S. The summed E-state index contributed by atoms with van der Waals surface area (Å²) < 4.78 is 0. The number of hydrogen-bond acceptors (Lipinski definition) is 4. The van der Waals surface area contributed by atoms with Gasteiger partial charge in [-0.3, -0.25) is 24.7 Å². The Balaban J connectivity index is 1.49. The Kier molecular flexibility index (Phi) is 7.29. The second-order valence-corrected chi connectivity index (χ2v) is 8.14. The predicted octanol–water partition coefficient (Wildman–Crippen LogP) is 3.08. The third-order valence-electron chi connectivity index (χ3n) is 5.44. The lowest BCUT2D eigenvalue weighted by Crippen LogP contribution is -2.50. The van der Waals surface area contributed by atoms with Crippen LogP contribution in [0.25, 0.3) is 0 Å². The third kappa shape index (κ3) is 5.29. The van der Waals surface area contributed by atoms with E-state index in [9.17, 15) is 14.4 Å². The molecule has 7 nitrogen and oxygen atoms in total. The standard InChI is InChI=1S/C26H24N4O3S/c31-23(27-17-16-19-10-4-1-5-11-19)18-22-25(33)29(21-14-8-3-9-15-21)26(34)30(22)28-24(32)20-12-6-2-7-13-20/h1-15,22H,16-18H2,(H,27,31)(H,28,32)/t22-/m0/s1. The molecule has 3 aromatic carbocycles. The summed E-state index contributed by atoms with van der Waals surface area (Å²) in [5.74, 6) is -1.09. The number of thiocarbonyl (C=S) groups is 1. The lowest BCUT2D eigenvalue weighted by Gasteiger charge is -2.24. The smallest absolute Gasteiger partial charge is 0.269 e. The van der Waals surface area contributed by atoms with Crippen molar-refractivity contribution in [2.24, 2.45) is 0 Å². The molecule has 0 radical (unpaired) electrons. The fourth-order valence-corrected chi connectivity index (χ4v) is 4.08. The largest absolute Gasteiger partial charge is 0.356 e. The first kappa shape index (κ1) is 23.1. The van der Waals surface area contributed by atoms with Crippen molar-refractivity contribution in [3.8, 4) is 0 Å². The van der Waals surface area contributed by atoms with E-state index in [1.54, 1.807) is 54.6 Å². The number of nitrogens with one attached hydrogen (secondary N) is 2. The molecule has 2 N–H and O–H groups in total. The SMILES string of the molecule is O=C(C[C@H]1C(=O)N(c2ccccc2)C(=S)N1NC(=O)c1ccccc1)NCCc1ccccc1. The second kappa shape index (κ2) is 10.7. The van der Waals surface area contributed by atoms with Crippen LogP contribution in [0, 0.1) is 0 Å². The molecule has 0 aliphatic carbocycles. The van der Waals surface area contributed by atoms with E-state index in [-0.39, 0.29) is 23.3 Å². The van der Waals surface area contributed by atoms with Crippen molar-refractivity contribution in [2.45, 2.75) is 18.9 Å². The van der Waals surface area contributed by atoms with Gasteiger partial charge in [-0.2, -0.15) is 0 Å². The van der Waals surface area contributed by atoms with Crippen molar-refractivity contribution in [2.75, 3.05) is 11.4 Å². The molecular weight excluding hydrogens is 448 g/mol. The van der Waals surface area contributed by atoms with E-state index in [0.717, 1.165) is 5.56 Å². The minimum Gasteiger partial charge on any atom is -0.356 e. The summed E-state index contributed by atoms with van der Waals surface area (Å²) in [6.45, 7) is 0.437. The first-order valence-corrected chi connectivity index (χ1v) is 11.3. The van der Waals surface area contributed by atoms with Crippen LogP contribution in [0.1, 0.15) is 22.3 Å². The predicted molar refractivity (Wildman–Crippen MR) is 134 cm³/mol. The van der Waals surface area contributed by atoms with Crippen LogP contribution in [0.4, 0.5) is 5.69 Å². The Morgan fingerprint density at radius 1 is 0.853 bits per heavy atom. The Labute approximate surface area is 203 Å². The molecule has 3 aromatic rings. The number of nitrogens with zero attached hydrogens (tertiary/aromatic N) is 2. The maximum atomic E-state index is 13.3. The van der Waals surface area contributed by atoms with E-state index in [1.165, 1.54) is 9.91 Å². The first-order valence-electron chi connectivity index (χ1n) is 10.9. The van der Waals surface area contributed by atoms with Crippen LogP contribution in [0.2, 0.25) is 0 Å². The number of amides is 3. The van der Waals surface area contributed by atoms with E-state index in [4.69, 9.17) is 12.2 Å². The average molecular weight is 473 g/mol. The van der Waals surface area contributed by atoms with Crippen molar-refractivity contribution in [1.29, 1.82) is 0 Å². The molecule has 0 saturated carbocycles. The molecule has 1 aliphatic rings. The summed E-state index contributed by atoms with van der Waals surface area (Å²) >= 11 is 5.56. The minimum atomic E-state index is -0.961. The Hall–Kier alpha value is -4.04. The molecule has 1 atom stereocenters. The third-order valence-corrected chi connectivity index (χ3v) is 5.82. The van der Waals surface area contributed by atoms with Crippen molar-refractivity contribution < 1.29 is 14.4 Å². The van der Waals surface area contributed by atoms with Crippen LogP contribution in [-0.2, 0) is 16.0 Å². The van der Waals surface area contributed by atoms with Crippen molar-refractivity contribution in [3.63, 3.8) is 0 Å². The normalized spacial score (nSPS) is 15.4. The van der Waals surface area contributed by atoms with Gasteiger partial charge >= 0.3 is 0 Å². The van der Waals surface area contributed by atoms with Crippen LogP contribution in [0.3, 0.4) is 0 Å². The van der Waals surface area contributed by atoms with Crippen LogP contribution < -0.4 is 15.6 Å². The van der Waals surface area contributed by atoms with E-state index < -0.39 is 11.9 Å². The summed E-state index contributed by atoms with van der Waals surface area (Å²) in [7, 11) is 0. The van der Waals surface area contributed by atoms with E-state index in [1.807, 2.05) is 36.4 Å². The fraction of sp³-hybridized carbons (Fsp3) is 0.154. The van der Waals surface area contributed by atoms with Gasteiger partial charge in [0.15, 0.2) is 0 Å².